The molecule has 0 unspecified atom stereocenters. The number of hydrogen-bond donors (Lipinski definition) is 1. The van der Waals surface area contributed by atoms with Crippen LogP contribution in [0.1, 0.15) is 50.6 Å². The maximum Gasteiger partial charge on any atom is 0.227 e. The van der Waals surface area contributed by atoms with Crippen molar-refractivity contribution in [2.24, 2.45) is 11.7 Å². The molecule has 0 saturated carbocycles. The fourth-order valence-electron chi connectivity index (χ4n) is 3.35. The molecule has 1 aromatic heterocycles. The highest BCUT2D eigenvalue weighted by Gasteiger charge is 2.28. The second-order valence-electron chi connectivity index (χ2n) is 7.12. The number of hydrogen-bond acceptors (Lipinski definition) is 3. The molecule has 1 aliphatic rings. The van der Waals surface area contributed by atoms with E-state index in [0.717, 1.165) is 42.9 Å². The molecule has 1 fully saturated rings. The van der Waals surface area contributed by atoms with Gasteiger partial charge >= 0.3 is 0 Å². The van der Waals surface area contributed by atoms with Crippen LogP contribution in [0.25, 0.3) is 0 Å². The van der Waals surface area contributed by atoms with Crippen molar-refractivity contribution in [2.75, 3.05) is 6.54 Å². The van der Waals surface area contributed by atoms with Crippen LogP contribution < -0.4 is 5.73 Å². The first-order chi connectivity index (χ1) is 10.3. The summed E-state index contributed by atoms with van der Waals surface area (Å²) in [4.78, 5) is 14.7. The van der Waals surface area contributed by atoms with Crippen molar-refractivity contribution in [1.82, 2.24) is 14.7 Å². The van der Waals surface area contributed by atoms with Gasteiger partial charge < -0.3 is 10.6 Å². The van der Waals surface area contributed by atoms with Crippen LogP contribution in [0, 0.1) is 19.8 Å². The first-order valence-corrected chi connectivity index (χ1v) is 8.37. The van der Waals surface area contributed by atoms with Gasteiger partial charge in [0.1, 0.15) is 0 Å². The molecular weight excluding hydrogens is 276 g/mol. The standard InChI is InChI=1S/C17H30N4O/c1-11(2)10-21-14(5)16(13(4)19-21)9-17(22)20-7-6-15(18)8-12(20)3/h11-12,15H,6-10,18H2,1-5H3/t12-,15+/m1/s1. The highest BCUT2D eigenvalue weighted by atomic mass is 16.2. The molecule has 1 amide bonds. The second-order valence-corrected chi connectivity index (χ2v) is 7.12. The van der Waals surface area contributed by atoms with Crippen LogP contribution in [0.2, 0.25) is 0 Å². The summed E-state index contributed by atoms with van der Waals surface area (Å²) < 4.78 is 2.04. The molecule has 5 nitrogen and oxygen atoms in total. The summed E-state index contributed by atoms with van der Waals surface area (Å²) in [5, 5.41) is 4.61. The lowest BCUT2D eigenvalue weighted by Crippen LogP contribution is -2.48. The molecule has 0 aliphatic carbocycles. The Morgan fingerprint density at radius 1 is 1.41 bits per heavy atom. The lowest BCUT2D eigenvalue weighted by Gasteiger charge is -2.36. The lowest BCUT2D eigenvalue weighted by atomic mass is 9.98. The topological polar surface area (TPSA) is 64.2 Å². The molecule has 2 N–H and O–H groups in total. The van der Waals surface area contributed by atoms with E-state index in [1.54, 1.807) is 0 Å². The van der Waals surface area contributed by atoms with Gasteiger partial charge in [-0.15, -0.1) is 0 Å². The van der Waals surface area contributed by atoms with E-state index in [9.17, 15) is 4.79 Å². The van der Waals surface area contributed by atoms with Crippen LogP contribution in [0.15, 0.2) is 0 Å². The number of nitrogens with zero attached hydrogens (tertiary/aromatic N) is 3. The summed E-state index contributed by atoms with van der Waals surface area (Å²) in [7, 11) is 0. The van der Waals surface area contributed by atoms with Crippen molar-refractivity contribution in [2.45, 2.75) is 72.5 Å². The Balaban J connectivity index is 2.10. The predicted octanol–water partition coefficient (Wildman–Crippen LogP) is 2.04. The molecule has 2 rings (SSSR count). The third-order valence-corrected chi connectivity index (χ3v) is 4.63. The molecule has 0 spiro atoms. The molecular formula is C17H30N4O. The van der Waals surface area contributed by atoms with Crippen LogP contribution in [0.3, 0.4) is 0 Å². The van der Waals surface area contributed by atoms with Gasteiger partial charge in [0.05, 0.1) is 12.1 Å². The van der Waals surface area contributed by atoms with Gasteiger partial charge in [0.25, 0.3) is 0 Å². The molecule has 2 heterocycles. The van der Waals surface area contributed by atoms with Gasteiger partial charge in [0.15, 0.2) is 0 Å². The average Bonchev–Trinajstić information content (AvgIpc) is 2.65. The fourth-order valence-corrected chi connectivity index (χ4v) is 3.35. The normalized spacial score (nSPS) is 22.4. The van der Waals surface area contributed by atoms with E-state index >= 15 is 0 Å². The summed E-state index contributed by atoms with van der Waals surface area (Å²) >= 11 is 0. The van der Waals surface area contributed by atoms with Crippen LogP contribution >= 0.6 is 0 Å². The Morgan fingerprint density at radius 3 is 2.68 bits per heavy atom. The van der Waals surface area contributed by atoms with Gasteiger partial charge in [0, 0.05) is 36.4 Å². The number of carbonyl (C=O) groups is 1. The van der Waals surface area contributed by atoms with Gasteiger partial charge in [-0.25, -0.2) is 0 Å². The number of aromatic nitrogens is 2. The quantitative estimate of drug-likeness (QED) is 0.926. The zero-order valence-electron chi connectivity index (χ0n) is 14.6. The summed E-state index contributed by atoms with van der Waals surface area (Å²) in [6, 6.07) is 0.471. The van der Waals surface area contributed by atoms with Crippen LogP contribution in [-0.4, -0.2) is 39.2 Å². The Kier molecular flexibility index (Phi) is 5.27. The first kappa shape index (κ1) is 17.0. The number of piperidine rings is 1. The highest BCUT2D eigenvalue weighted by molar-refractivity contribution is 5.79. The first-order valence-electron chi connectivity index (χ1n) is 8.37. The van der Waals surface area contributed by atoms with Crippen molar-refractivity contribution in [3.8, 4) is 0 Å². The molecule has 2 atom stereocenters. The fraction of sp³-hybridized carbons (Fsp3) is 0.765. The van der Waals surface area contributed by atoms with Crippen LogP contribution in [-0.2, 0) is 17.8 Å². The predicted molar refractivity (Wildman–Crippen MR) is 88.6 cm³/mol. The maximum atomic E-state index is 12.7. The number of amides is 1. The minimum atomic E-state index is 0.203. The SMILES string of the molecule is Cc1nn(CC(C)C)c(C)c1CC(=O)N1CC[C@H](N)C[C@H]1C. The number of rotatable bonds is 4. The summed E-state index contributed by atoms with van der Waals surface area (Å²) in [6.07, 6.45) is 2.26. The number of nitrogens with two attached hydrogens (primary N) is 1. The summed E-state index contributed by atoms with van der Waals surface area (Å²) in [6.45, 7) is 12.2. The molecule has 5 heteroatoms. The molecule has 1 aliphatic heterocycles. The Labute approximate surface area is 133 Å². The molecule has 0 bridgehead atoms. The summed E-state index contributed by atoms with van der Waals surface area (Å²) in [5.41, 5.74) is 9.18. The van der Waals surface area contributed by atoms with Gasteiger partial charge in [-0.2, -0.15) is 5.10 Å². The smallest absolute Gasteiger partial charge is 0.227 e. The van der Waals surface area contributed by atoms with E-state index in [4.69, 9.17) is 5.73 Å². The van der Waals surface area contributed by atoms with Gasteiger partial charge in [0.2, 0.25) is 5.91 Å². The van der Waals surface area contributed by atoms with Gasteiger partial charge in [-0.1, -0.05) is 13.8 Å². The minimum absolute atomic E-state index is 0.203. The van der Waals surface area contributed by atoms with Crippen LogP contribution in [0.4, 0.5) is 0 Å². The second kappa shape index (κ2) is 6.82. The average molecular weight is 306 g/mol. The van der Waals surface area contributed by atoms with E-state index in [-0.39, 0.29) is 18.0 Å². The molecule has 0 radical (unpaired) electrons. The third-order valence-electron chi connectivity index (χ3n) is 4.63. The van der Waals surface area contributed by atoms with E-state index in [0.29, 0.717) is 12.3 Å². The van der Waals surface area contributed by atoms with Crippen molar-refractivity contribution in [3.05, 3.63) is 17.0 Å². The van der Waals surface area contributed by atoms with Gasteiger partial charge in [-0.05, 0) is 39.5 Å². The molecule has 0 aromatic carbocycles. The number of likely N-dealkylation sites (tertiary alicyclic amines) is 1. The maximum absolute atomic E-state index is 12.7. The summed E-state index contributed by atoms with van der Waals surface area (Å²) in [5.74, 6) is 0.750. The highest BCUT2D eigenvalue weighted by Crippen LogP contribution is 2.20. The van der Waals surface area contributed by atoms with Gasteiger partial charge in [-0.3, -0.25) is 9.48 Å². The van der Waals surface area contributed by atoms with E-state index in [1.807, 2.05) is 16.5 Å². The van der Waals surface area contributed by atoms with Crippen molar-refractivity contribution < 1.29 is 4.79 Å². The zero-order valence-corrected chi connectivity index (χ0v) is 14.6. The van der Waals surface area contributed by atoms with Crippen molar-refractivity contribution >= 4 is 5.91 Å². The zero-order chi connectivity index (χ0) is 16.4. The Morgan fingerprint density at radius 2 is 2.09 bits per heavy atom. The monoisotopic (exact) mass is 306 g/mol. The minimum Gasteiger partial charge on any atom is -0.340 e. The van der Waals surface area contributed by atoms with Crippen LogP contribution in [0.5, 0.6) is 0 Å². The Bertz CT molecular complexity index is 535. The third kappa shape index (κ3) is 3.69. The molecule has 22 heavy (non-hydrogen) atoms. The van der Waals surface area contributed by atoms with E-state index < -0.39 is 0 Å². The van der Waals surface area contributed by atoms with E-state index in [1.165, 1.54) is 0 Å². The molecule has 1 aromatic rings. The molecule has 124 valence electrons. The van der Waals surface area contributed by atoms with Crippen molar-refractivity contribution in [3.63, 3.8) is 0 Å². The molecule has 1 saturated heterocycles. The largest absolute Gasteiger partial charge is 0.340 e. The van der Waals surface area contributed by atoms with E-state index in [2.05, 4.69) is 32.8 Å². The van der Waals surface area contributed by atoms with Crippen molar-refractivity contribution in [1.29, 1.82) is 0 Å². The number of aryl methyl sites for hydroxylation is 1. The Hall–Kier alpha value is -1.36. The number of carbonyl (C=O) groups excluding carboxylic acids is 1. The lowest BCUT2D eigenvalue weighted by molar-refractivity contribution is -0.133.